The lowest BCUT2D eigenvalue weighted by Gasteiger charge is -2.41. The van der Waals surface area contributed by atoms with E-state index in [4.69, 9.17) is 0 Å². The van der Waals surface area contributed by atoms with E-state index >= 15 is 0 Å². The van der Waals surface area contributed by atoms with Gasteiger partial charge in [-0.2, -0.15) is 5.10 Å². The second-order valence-corrected chi connectivity index (χ2v) is 8.93. The molecule has 4 unspecified atom stereocenters. The quantitative estimate of drug-likeness (QED) is 0.889. The van der Waals surface area contributed by atoms with Crippen LogP contribution >= 0.6 is 0 Å². The fourth-order valence-corrected chi connectivity index (χ4v) is 6.30. The predicted octanol–water partition coefficient (Wildman–Crippen LogP) is 4.40. The highest BCUT2D eigenvalue weighted by Gasteiger charge is 2.76. The van der Waals surface area contributed by atoms with Crippen LogP contribution < -0.4 is 5.32 Å². The first kappa shape index (κ1) is 16.1. The summed E-state index contributed by atoms with van der Waals surface area (Å²) in [4.78, 5) is 12.8. The van der Waals surface area contributed by atoms with Crippen LogP contribution in [0.1, 0.15) is 66.2 Å². The van der Waals surface area contributed by atoms with Gasteiger partial charge in [-0.25, -0.2) is 0 Å². The Kier molecular flexibility index (Phi) is 3.23. The van der Waals surface area contributed by atoms with Crippen LogP contribution in [0, 0.1) is 24.7 Å². The van der Waals surface area contributed by atoms with Crippen molar-refractivity contribution < 1.29 is 4.79 Å². The molecule has 0 radical (unpaired) electrons. The second kappa shape index (κ2) is 5.21. The maximum absolute atomic E-state index is 12.8. The van der Waals surface area contributed by atoms with Gasteiger partial charge in [0.2, 0.25) is 0 Å². The van der Waals surface area contributed by atoms with E-state index in [2.05, 4.69) is 42.5 Å². The van der Waals surface area contributed by atoms with E-state index in [9.17, 15) is 4.79 Å². The van der Waals surface area contributed by atoms with Gasteiger partial charge in [0, 0.05) is 24.3 Å². The topological polar surface area (TPSA) is 46.9 Å². The number of carbonyl (C=O) groups excluding carboxylic acids is 1. The first-order chi connectivity index (χ1) is 12.4. The van der Waals surface area contributed by atoms with E-state index in [1.165, 1.54) is 30.4 Å². The van der Waals surface area contributed by atoms with E-state index < -0.39 is 0 Å². The number of nitrogens with one attached hydrogen (secondary N) is 1. The van der Waals surface area contributed by atoms with Crippen LogP contribution in [0.5, 0.6) is 0 Å². The Hall–Kier alpha value is -2.10. The molecule has 5 rings (SSSR count). The fourth-order valence-electron chi connectivity index (χ4n) is 6.30. The molecule has 26 heavy (non-hydrogen) atoms. The van der Waals surface area contributed by atoms with E-state index in [0.717, 1.165) is 29.1 Å². The molecule has 1 amide bonds. The summed E-state index contributed by atoms with van der Waals surface area (Å²) in [6, 6.07) is 6.51. The number of hydrogen-bond acceptors (Lipinski definition) is 2. The summed E-state index contributed by atoms with van der Waals surface area (Å²) in [5.41, 5.74) is 5.84. The summed E-state index contributed by atoms with van der Waals surface area (Å²) in [6.07, 6.45) is 5.77. The molecule has 0 bridgehead atoms. The first-order valence-electron chi connectivity index (χ1n) is 9.89. The Morgan fingerprint density at radius 2 is 2.19 bits per heavy atom. The summed E-state index contributed by atoms with van der Waals surface area (Å²) in [5.74, 6) is 3.11. The number of aromatic nitrogens is 2. The summed E-state index contributed by atoms with van der Waals surface area (Å²) in [7, 11) is 1.85. The van der Waals surface area contributed by atoms with Crippen molar-refractivity contribution in [2.75, 3.05) is 5.32 Å². The van der Waals surface area contributed by atoms with Gasteiger partial charge in [0.25, 0.3) is 5.91 Å². The number of fused-ring (bicyclic) bond motifs is 2. The Morgan fingerprint density at radius 3 is 2.88 bits per heavy atom. The molecule has 3 aliphatic carbocycles. The second-order valence-electron chi connectivity index (χ2n) is 8.93. The highest BCUT2D eigenvalue weighted by molar-refractivity contribution is 6.05. The smallest absolute Gasteiger partial charge is 0.259 e. The van der Waals surface area contributed by atoms with Crippen molar-refractivity contribution in [2.24, 2.45) is 24.8 Å². The molecule has 136 valence electrons. The van der Waals surface area contributed by atoms with Crippen molar-refractivity contribution in [1.29, 1.82) is 0 Å². The van der Waals surface area contributed by atoms with Crippen molar-refractivity contribution in [3.05, 3.63) is 46.8 Å². The van der Waals surface area contributed by atoms with Crippen LogP contribution in [0.2, 0.25) is 0 Å². The molecule has 2 fully saturated rings. The van der Waals surface area contributed by atoms with Gasteiger partial charge in [-0.3, -0.25) is 9.48 Å². The van der Waals surface area contributed by atoms with Crippen LogP contribution in [0.15, 0.2) is 24.4 Å². The number of rotatable bonds is 4. The van der Waals surface area contributed by atoms with Crippen LogP contribution in [-0.4, -0.2) is 15.7 Å². The van der Waals surface area contributed by atoms with Crippen molar-refractivity contribution in [3.8, 4) is 0 Å². The fraction of sp³-hybridized carbons (Fsp3) is 0.545. The number of benzene rings is 1. The maximum Gasteiger partial charge on any atom is 0.259 e. The van der Waals surface area contributed by atoms with E-state index in [0.29, 0.717) is 16.9 Å². The molecule has 2 saturated carbocycles. The van der Waals surface area contributed by atoms with Gasteiger partial charge in [-0.1, -0.05) is 26.0 Å². The number of nitrogens with zero attached hydrogens (tertiary/aromatic N) is 2. The van der Waals surface area contributed by atoms with E-state index in [1.54, 1.807) is 10.9 Å². The van der Waals surface area contributed by atoms with Gasteiger partial charge >= 0.3 is 0 Å². The Bertz CT molecular complexity index is 912. The van der Waals surface area contributed by atoms with E-state index in [-0.39, 0.29) is 5.91 Å². The normalized spacial score (nSPS) is 30.4. The Labute approximate surface area is 155 Å². The molecule has 0 aliphatic heterocycles. The maximum atomic E-state index is 12.8. The molecular weight excluding hydrogens is 322 g/mol. The molecule has 3 aliphatic rings. The monoisotopic (exact) mass is 349 g/mol. The van der Waals surface area contributed by atoms with Gasteiger partial charge in [0.05, 0.1) is 11.3 Å². The van der Waals surface area contributed by atoms with Crippen LogP contribution in [-0.2, 0) is 12.5 Å². The summed E-state index contributed by atoms with van der Waals surface area (Å²) in [6.45, 7) is 6.56. The standard InChI is InChI=1S/C22H27N3O/c1-12(2)10-18-15-8-9-17-20-16(22(15,17)18)6-5-7-19(20)23-21(26)14-11-25(4)24-13(14)3/h5-7,11-12,15,17-18H,8-10H2,1-4H3,(H,23,26). The summed E-state index contributed by atoms with van der Waals surface area (Å²) in [5, 5.41) is 7.48. The van der Waals surface area contributed by atoms with Crippen molar-refractivity contribution in [3.63, 3.8) is 0 Å². The van der Waals surface area contributed by atoms with Gasteiger partial charge in [0.15, 0.2) is 0 Å². The van der Waals surface area contributed by atoms with Gasteiger partial charge < -0.3 is 5.32 Å². The van der Waals surface area contributed by atoms with Gasteiger partial charge in [-0.05, 0) is 67.1 Å². The highest BCUT2D eigenvalue weighted by Crippen LogP contribution is 2.82. The first-order valence-corrected chi connectivity index (χ1v) is 9.89. The number of anilines is 1. The molecule has 1 spiro atoms. The minimum absolute atomic E-state index is 0.0472. The molecule has 1 aromatic heterocycles. The predicted molar refractivity (Wildman–Crippen MR) is 102 cm³/mol. The lowest BCUT2D eigenvalue weighted by atomic mass is 9.63. The Morgan fingerprint density at radius 1 is 1.38 bits per heavy atom. The van der Waals surface area contributed by atoms with Gasteiger partial charge in [0.1, 0.15) is 0 Å². The summed E-state index contributed by atoms with van der Waals surface area (Å²) >= 11 is 0. The van der Waals surface area contributed by atoms with E-state index in [1.807, 2.05) is 14.0 Å². The van der Waals surface area contributed by atoms with Crippen LogP contribution in [0.4, 0.5) is 5.69 Å². The zero-order valence-corrected chi connectivity index (χ0v) is 16.0. The summed E-state index contributed by atoms with van der Waals surface area (Å²) < 4.78 is 1.70. The van der Waals surface area contributed by atoms with Gasteiger partial charge in [-0.15, -0.1) is 0 Å². The van der Waals surface area contributed by atoms with Crippen molar-refractivity contribution in [2.45, 2.75) is 51.4 Å². The van der Waals surface area contributed by atoms with Crippen LogP contribution in [0.3, 0.4) is 0 Å². The number of carbonyl (C=O) groups is 1. The lowest BCUT2D eigenvalue weighted by molar-refractivity contribution is 0.102. The number of aryl methyl sites for hydroxylation is 2. The molecule has 4 nitrogen and oxygen atoms in total. The SMILES string of the molecule is Cc1nn(C)cc1C(=O)Nc1cccc2c1C1CCC3C(CC(C)C)C213. The Balaban J connectivity index is 1.45. The third-order valence-corrected chi connectivity index (χ3v) is 7.10. The molecule has 1 N–H and O–H groups in total. The molecule has 4 heteroatoms. The average Bonchev–Trinajstić information content (AvgIpc) is 2.89. The molecule has 1 aromatic carbocycles. The number of amides is 1. The van der Waals surface area contributed by atoms with Crippen molar-refractivity contribution in [1.82, 2.24) is 9.78 Å². The molecule has 1 heterocycles. The zero-order chi connectivity index (χ0) is 18.2. The van der Waals surface area contributed by atoms with Crippen molar-refractivity contribution >= 4 is 11.6 Å². The number of hydrogen-bond donors (Lipinski definition) is 1. The largest absolute Gasteiger partial charge is 0.322 e. The molecule has 0 saturated heterocycles. The zero-order valence-electron chi connectivity index (χ0n) is 16.0. The molecule has 4 atom stereocenters. The minimum Gasteiger partial charge on any atom is -0.322 e. The average molecular weight is 349 g/mol. The third kappa shape index (κ3) is 1.90. The van der Waals surface area contributed by atoms with Crippen LogP contribution in [0.25, 0.3) is 0 Å². The minimum atomic E-state index is -0.0472. The molecular formula is C22H27N3O. The molecule has 2 aromatic rings. The highest BCUT2D eigenvalue weighted by atomic mass is 16.1. The third-order valence-electron chi connectivity index (χ3n) is 7.10. The lowest BCUT2D eigenvalue weighted by Crippen LogP contribution is -2.34.